The van der Waals surface area contributed by atoms with Crippen molar-refractivity contribution < 1.29 is 14.3 Å². The van der Waals surface area contributed by atoms with E-state index in [9.17, 15) is 9.59 Å². The number of rotatable bonds is 2. The minimum absolute atomic E-state index is 0.00886. The number of fused-ring (bicyclic) bond motifs is 2. The molecule has 4 rings (SSSR count). The van der Waals surface area contributed by atoms with Gasteiger partial charge in [0.05, 0.1) is 11.6 Å². The average Bonchev–Trinajstić information content (AvgIpc) is 2.98. The molecular weight excluding hydrogens is 290 g/mol. The highest BCUT2D eigenvalue weighted by molar-refractivity contribution is 5.95. The van der Waals surface area contributed by atoms with Crippen LogP contribution >= 0.6 is 0 Å². The number of cyclic esters (lactones) is 1. The Morgan fingerprint density at radius 2 is 1.78 bits per heavy atom. The minimum atomic E-state index is -0.745. The summed E-state index contributed by atoms with van der Waals surface area (Å²) in [4.78, 5) is 24.6. The van der Waals surface area contributed by atoms with Gasteiger partial charge in [0.15, 0.2) is 6.10 Å². The quantitative estimate of drug-likeness (QED) is 0.868. The van der Waals surface area contributed by atoms with E-state index in [2.05, 4.69) is 17.4 Å². The summed E-state index contributed by atoms with van der Waals surface area (Å²) in [7, 11) is 0. The predicted octanol–water partition coefficient (Wildman–Crippen LogP) is 2.57. The second kappa shape index (κ2) is 5.54. The maximum atomic E-state index is 12.5. The van der Waals surface area contributed by atoms with Gasteiger partial charge >= 0.3 is 5.97 Å². The van der Waals surface area contributed by atoms with Crippen LogP contribution in [0.15, 0.2) is 48.5 Å². The Morgan fingerprint density at radius 1 is 1.04 bits per heavy atom. The molecule has 1 amide bonds. The number of nitrogens with one attached hydrogen (secondary N) is 1. The fraction of sp³-hybridized carbons (Fsp3) is 0.263. The Bertz CT molecular complexity index is 784. The molecule has 0 spiro atoms. The zero-order valence-electron chi connectivity index (χ0n) is 12.6. The van der Waals surface area contributed by atoms with Crippen LogP contribution in [0.5, 0.6) is 0 Å². The third kappa shape index (κ3) is 2.50. The van der Waals surface area contributed by atoms with E-state index in [1.807, 2.05) is 24.3 Å². The van der Waals surface area contributed by atoms with Crippen molar-refractivity contribution in [2.75, 3.05) is 0 Å². The van der Waals surface area contributed by atoms with Crippen molar-refractivity contribution in [3.63, 3.8) is 0 Å². The van der Waals surface area contributed by atoms with Crippen LogP contribution in [-0.4, -0.2) is 18.0 Å². The van der Waals surface area contributed by atoms with Crippen molar-refractivity contribution in [3.05, 3.63) is 70.8 Å². The number of hydrogen-bond acceptors (Lipinski definition) is 3. The normalized spacial score (nSPS) is 22.0. The highest BCUT2D eigenvalue weighted by Gasteiger charge is 2.33. The Morgan fingerprint density at radius 3 is 2.65 bits per heavy atom. The Hall–Kier alpha value is -2.62. The van der Waals surface area contributed by atoms with Gasteiger partial charge in [-0.2, -0.15) is 0 Å². The maximum absolute atomic E-state index is 12.5. The van der Waals surface area contributed by atoms with Crippen molar-refractivity contribution >= 4 is 11.9 Å². The summed E-state index contributed by atoms with van der Waals surface area (Å²) in [6, 6.07) is 15.4. The van der Waals surface area contributed by atoms with E-state index in [0.717, 1.165) is 18.4 Å². The van der Waals surface area contributed by atoms with Crippen LogP contribution in [0.3, 0.4) is 0 Å². The summed E-state index contributed by atoms with van der Waals surface area (Å²) >= 11 is 0. The molecule has 1 heterocycles. The van der Waals surface area contributed by atoms with E-state index in [4.69, 9.17) is 4.74 Å². The van der Waals surface area contributed by atoms with Crippen LogP contribution in [0, 0.1) is 0 Å². The number of benzene rings is 2. The molecule has 0 saturated heterocycles. The maximum Gasteiger partial charge on any atom is 0.339 e. The van der Waals surface area contributed by atoms with Crippen LogP contribution < -0.4 is 5.32 Å². The number of hydrogen-bond donors (Lipinski definition) is 1. The summed E-state index contributed by atoms with van der Waals surface area (Å²) in [6.45, 7) is 0. The lowest BCUT2D eigenvalue weighted by Crippen LogP contribution is -2.42. The van der Waals surface area contributed by atoms with E-state index >= 15 is 0 Å². The summed E-state index contributed by atoms with van der Waals surface area (Å²) in [6.07, 6.45) is 1.55. The molecule has 2 atom stereocenters. The third-order valence-electron chi connectivity index (χ3n) is 4.63. The molecule has 0 saturated carbocycles. The van der Waals surface area contributed by atoms with Crippen molar-refractivity contribution in [2.24, 2.45) is 0 Å². The molecule has 0 bridgehead atoms. The monoisotopic (exact) mass is 307 g/mol. The van der Waals surface area contributed by atoms with Gasteiger partial charge in [-0.05, 0) is 35.6 Å². The molecule has 116 valence electrons. The van der Waals surface area contributed by atoms with Gasteiger partial charge in [-0.25, -0.2) is 4.79 Å². The summed E-state index contributed by atoms with van der Waals surface area (Å²) < 4.78 is 5.32. The van der Waals surface area contributed by atoms with Crippen LogP contribution in [0.25, 0.3) is 0 Å². The van der Waals surface area contributed by atoms with Crippen LogP contribution in [0.4, 0.5) is 0 Å². The minimum Gasteiger partial charge on any atom is -0.448 e. The van der Waals surface area contributed by atoms with Gasteiger partial charge in [0, 0.05) is 6.42 Å². The smallest absolute Gasteiger partial charge is 0.339 e. The molecule has 1 aliphatic carbocycles. The lowest BCUT2D eigenvalue weighted by atomic mass is 9.98. The molecule has 2 aromatic carbocycles. The molecule has 0 unspecified atom stereocenters. The first-order valence-electron chi connectivity index (χ1n) is 7.89. The molecule has 1 N–H and O–H groups in total. The molecular formula is C19H17NO3. The molecule has 0 radical (unpaired) electrons. The number of amides is 1. The second-order valence-corrected chi connectivity index (χ2v) is 6.05. The van der Waals surface area contributed by atoms with E-state index in [-0.39, 0.29) is 11.9 Å². The van der Waals surface area contributed by atoms with E-state index in [1.165, 1.54) is 11.1 Å². The third-order valence-corrected chi connectivity index (χ3v) is 4.63. The van der Waals surface area contributed by atoms with Crippen LogP contribution in [0.2, 0.25) is 0 Å². The van der Waals surface area contributed by atoms with Gasteiger partial charge in [0.2, 0.25) is 0 Å². The number of carbonyl (C=O) groups excluding carboxylic acids is 2. The molecule has 2 aliphatic rings. The fourth-order valence-electron chi connectivity index (χ4n) is 3.45. The Kier molecular flexibility index (Phi) is 3.37. The van der Waals surface area contributed by atoms with Gasteiger partial charge in [0.1, 0.15) is 0 Å². The zero-order chi connectivity index (χ0) is 15.8. The molecule has 2 aromatic rings. The number of ether oxygens (including phenoxy) is 1. The number of esters is 1. The van der Waals surface area contributed by atoms with Crippen molar-refractivity contribution in [1.29, 1.82) is 0 Å². The SMILES string of the molecule is O=C1O[C@@H](C(=O)N[C@H]2CCc3ccccc32)Cc2ccccc21. The Labute approximate surface area is 134 Å². The molecule has 4 nitrogen and oxygen atoms in total. The fourth-order valence-corrected chi connectivity index (χ4v) is 3.45. The zero-order valence-corrected chi connectivity index (χ0v) is 12.6. The second-order valence-electron chi connectivity index (χ2n) is 6.05. The Balaban J connectivity index is 1.50. The first-order chi connectivity index (χ1) is 11.2. The summed E-state index contributed by atoms with van der Waals surface area (Å²) in [5.41, 5.74) is 3.88. The van der Waals surface area contributed by atoms with Crippen molar-refractivity contribution in [2.45, 2.75) is 31.4 Å². The number of carbonyl (C=O) groups is 2. The molecule has 4 heteroatoms. The molecule has 1 aliphatic heterocycles. The molecule has 0 aromatic heterocycles. The topological polar surface area (TPSA) is 55.4 Å². The van der Waals surface area contributed by atoms with Gasteiger partial charge in [-0.15, -0.1) is 0 Å². The van der Waals surface area contributed by atoms with E-state index < -0.39 is 12.1 Å². The first kappa shape index (κ1) is 14.0. The van der Waals surface area contributed by atoms with Crippen LogP contribution in [0.1, 0.15) is 39.5 Å². The lowest BCUT2D eigenvalue weighted by Gasteiger charge is -2.25. The highest BCUT2D eigenvalue weighted by atomic mass is 16.5. The van der Waals surface area contributed by atoms with Crippen molar-refractivity contribution in [3.8, 4) is 0 Å². The predicted molar refractivity (Wildman–Crippen MR) is 85.0 cm³/mol. The highest BCUT2D eigenvalue weighted by Crippen LogP contribution is 2.31. The standard InChI is InChI=1S/C19H17NO3/c21-18(20-16-10-9-12-5-1-3-7-14(12)16)17-11-13-6-2-4-8-15(13)19(22)23-17/h1-8,16-17H,9-11H2,(H,20,21)/t16-,17+/m0/s1. The summed E-state index contributed by atoms with van der Waals surface area (Å²) in [5, 5.41) is 3.04. The molecule has 23 heavy (non-hydrogen) atoms. The first-order valence-corrected chi connectivity index (χ1v) is 7.89. The van der Waals surface area contributed by atoms with E-state index in [0.29, 0.717) is 12.0 Å². The summed E-state index contributed by atoms with van der Waals surface area (Å²) in [5.74, 6) is -0.631. The molecule has 0 fully saturated rings. The van der Waals surface area contributed by atoms with Gasteiger partial charge in [0.25, 0.3) is 5.91 Å². The average molecular weight is 307 g/mol. The lowest BCUT2D eigenvalue weighted by molar-refractivity contribution is -0.131. The number of aryl methyl sites for hydroxylation is 1. The van der Waals surface area contributed by atoms with Gasteiger partial charge in [-0.1, -0.05) is 42.5 Å². The van der Waals surface area contributed by atoms with Crippen molar-refractivity contribution in [1.82, 2.24) is 5.32 Å². The van der Waals surface area contributed by atoms with Gasteiger partial charge in [-0.3, -0.25) is 4.79 Å². The largest absolute Gasteiger partial charge is 0.448 e. The van der Waals surface area contributed by atoms with Gasteiger partial charge < -0.3 is 10.1 Å². The van der Waals surface area contributed by atoms with Crippen LogP contribution in [-0.2, 0) is 22.4 Å². The van der Waals surface area contributed by atoms with E-state index in [1.54, 1.807) is 12.1 Å².